The van der Waals surface area contributed by atoms with Gasteiger partial charge in [-0.3, -0.25) is 4.79 Å². The number of thiazole rings is 1. The van der Waals surface area contributed by atoms with Crippen molar-refractivity contribution in [3.05, 3.63) is 28.6 Å². The maximum atomic E-state index is 12.1. The summed E-state index contributed by atoms with van der Waals surface area (Å²) in [7, 11) is 0. The van der Waals surface area contributed by atoms with Gasteiger partial charge in [-0.15, -0.1) is 22.7 Å². The molecule has 2 heterocycles. The third-order valence-electron chi connectivity index (χ3n) is 3.78. The largest absolute Gasteiger partial charge is 0.393 e. The van der Waals surface area contributed by atoms with Crippen LogP contribution >= 0.6 is 22.7 Å². The monoisotopic (exact) mass is 322 g/mol. The van der Waals surface area contributed by atoms with Crippen molar-refractivity contribution in [1.82, 2.24) is 10.3 Å². The first kappa shape index (κ1) is 14.7. The number of thiophene rings is 1. The maximum absolute atomic E-state index is 12.1. The SMILES string of the molecule is O=C(NCC1CCCC(O)C1)c1csc(-c2cccs2)n1. The average molecular weight is 322 g/mol. The summed E-state index contributed by atoms with van der Waals surface area (Å²) in [5, 5.41) is 17.3. The lowest BCUT2D eigenvalue weighted by molar-refractivity contribution is 0.0871. The van der Waals surface area contributed by atoms with Gasteiger partial charge in [-0.2, -0.15) is 0 Å². The van der Waals surface area contributed by atoms with Crippen molar-refractivity contribution in [3.8, 4) is 9.88 Å². The molecule has 0 radical (unpaired) electrons. The van der Waals surface area contributed by atoms with Gasteiger partial charge in [0.2, 0.25) is 0 Å². The van der Waals surface area contributed by atoms with Crippen LogP contribution in [-0.4, -0.2) is 28.6 Å². The van der Waals surface area contributed by atoms with E-state index in [2.05, 4.69) is 10.3 Å². The molecule has 1 fully saturated rings. The van der Waals surface area contributed by atoms with Crippen LogP contribution in [0.1, 0.15) is 36.2 Å². The number of carbonyl (C=O) groups excluding carboxylic acids is 1. The summed E-state index contributed by atoms with van der Waals surface area (Å²) in [6, 6.07) is 3.99. The van der Waals surface area contributed by atoms with Crippen molar-refractivity contribution >= 4 is 28.6 Å². The Labute approximate surface area is 131 Å². The van der Waals surface area contributed by atoms with Gasteiger partial charge in [0.25, 0.3) is 5.91 Å². The minimum absolute atomic E-state index is 0.117. The fourth-order valence-corrected chi connectivity index (χ4v) is 4.28. The number of hydrogen-bond donors (Lipinski definition) is 2. The van der Waals surface area contributed by atoms with Gasteiger partial charge in [-0.1, -0.05) is 12.5 Å². The van der Waals surface area contributed by atoms with Crippen molar-refractivity contribution in [2.75, 3.05) is 6.54 Å². The number of aliphatic hydroxyl groups excluding tert-OH is 1. The highest BCUT2D eigenvalue weighted by atomic mass is 32.1. The Bertz CT molecular complexity index is 595. The highest BCUT2D eigenvalue weighted by Gasteiger charge is 2.21. The molecule has 2 aromatic heterocycles. The summed E-state index contributed by atoms with van der Waals surface area (Å²) in [6.45, 7) is 0.627. The fraction of sp³-hybridized carbons (Fsp3) is 0.467. The van der Waals surface area contributed by atoms with E-state index in [0.29, 0.717) is 18.2 Å². The number of hydrogen-bond acceptors (Lipinski definition) is 5. The van der Waals surface area contributed by atoms with Gasteiger partial charge in [0.15, 0.2) is 0 Å². The first-order chi connectivity index (χ1) is 10.2. The first-order valence-electron chi connectivity index (χ1n) is 7.18. The van der Waals surface area contributed by atoms with Gasteiger partial charge in [-0.25, -0.2) is 4.98 Å². The highest BCUT2D eigenvalue weighted by molar-refractivity contribution is 7.20. The molecule has 1 saturated carbocycles. The van der Waals surface area contributed by atoms with Crippen LogP contribution in [0, 0.1) is 5.92 Å². The fourth-order valence-electron chi connectivity index (χ4n) is 2.67. The van der Waals surface area contributed by atoms with Crippen LogP contribution in [0.15, 0.2) is 22.9 Å². The number of aliphatic hydroxyl groups is 1. The van der Waals surface area contributed by atoms with E-state index >= 15 is 0 Å². The Morgan fingerprint density at radius 2 is 2.33 bits per heavy atom. The molecule has 0 aromatic carbocycles. The molecule has 6 heteroatoms. The van der Waals surface area contributed by atoms with Gasteiger partial charge >= 0.3 is 0 Å². The van der Waals surface area contributed by atoms with E-state index in [1.165, 1.54) is 11.3 Å². The van der Waals surface area contributed by atoms with Crippen LogP contribution in [-0.2, 0) is 0 Å². The molecule has 1 aliphatic carbocycles. The van der Waals surface area contributed by atoms with Crippen LogP contribution in [0.2, 0.25) is 0 Å². The molecule has 4 nitrogen and oxygen atoms in total. The third-order valence-corrected chi connectivity index (χ3v) is 5.66. The smallest absolute Gasteiger partial charge is 0.270 e. The van der Waals surface area contributed by atoms with Crippen LogP contribution in [0.5, 0.6) is 0 Å². The second kappa shape index (κ2) is 6.68. The van der Waals surface area contributed by atoms with Gasteiger partial charge in [-0.05, 0) is 36.6 Å². The predicted molar refractivity (Wildman–Crippen MR) is 85.7 cm³/mol. The third kappa shape index (κ3) is 3.70. The summed E-state index contributed by atoms with van der Waals surface area (Å²) in [6.07, 6.45) is 3.60. The number of carbonyl (C=O) groups is 1. The van der Waals surface area contributed by atoms with Crippen LogP contribution in [0.3, 0.4) is 0 Å². The minimum Gasteiger partial charge on any atom is -0.393 e. The second-order valence-corrected chi connectivity index (χ2v) is 7.22. The van der Waals surface area contributed by atoms with E-state index in [0.717, 1.165) is 35.6 Å². The molecule has 1 aliphatic rings. The molecule has 2 unspecified atom stereocenters. The van der Waals surface area contributed by atoms with E-state index in [1.54, 1.807) is 16.7 Å². The number of nitrogens with one attached hydrogen (secondary N) is 1. The predicted octanol–water partition coefficient (Wildman–Crippen LogP) is 3.15. The van der Waals surface area contributed by atoms with Crippen LogP contribution in [0.4, 0.5) is 0 Å². The van der Waals surface area contributed by atoms with Crippen molar-refractivity contribution < 1.29 is 9.90 Å². The Morgan fingerprint density at radius 3 is 3.10 bits per heavy atom. The number of rotatable bonds is 4. The molecular weight excluding hydrogens is 304 g/mol. The molecule has 0 saturated heterocycles. The molecule has 0 bridgehead atoms. The van der Waals surface area contributed by atoms with E-state index in [9.17, 15) is 9.90 Å². The minimum atomic E-state index is -0.203. The Kier molecular flexibility index (Phi) is 4.67. The van der Waals surface area contributed by atoms with Gasteiger partial charge < -0.3 is 10.4 Å². The number of aromatic nitrogens is 1. The molecule has 2 N–H and O–H groups in total. The second-order valence-electron chi connectivity index (χ2n) is 5.41. The Hall–Kier alpha value is -1.24. The standard InChI is InChI=1S/C15H18N2O2S2/c18-11-4-1-3-10(7-11)8-16-14(19)12-9-21-15(17-12)13-5-2-6-20-13/h2,5-6,9-11,18H,1,3-4,7-8H2,(H,16,19). The molecule has 21 heavy (non-hydrogen) atoms. The van der Waals surface area contributed by atoms with E-state index in [-0.39, 0.29) is 12.0 Å². The van der Waals surface area contributed by atoms with Gasteiger partial charge in [0.1, 0.15) is 10.7 Å². The van der Waals surface area contributed by atoms with Gasteiger partial charge in [0, 0.05) is 11.9 Å². The number of nitrogens with zero attached hydrogens (tertiary/aromatic N) is 1. The van der Waals surface area contributed by atoms with Crippen molar-refractivity contribution in [3.63, 3.8) is 0 Å². The van der Waals surface area contributed by atoms with E-state index in [4.69, 9.17) is 0 Å². The van der Waals surface area contributed by atoms with E-state index in [1.807, 2.05) is 17.5 Å². The summed E-state index contributed by atoms with van der Waals surface area (Å²) in [4.78, 5) is 17.6. The van der Waals surface area contributed by atoms with Gasteiger partial charge in [0.05, 0.1) is 11.0 Å². The van der Waals surface area contributed by atoms with Crippen LogP contribution in [0.25, 0.3) is 9.88 Å². The molecule has 1 amide bonds. The molecular formula is C15H18N2O2S2. The summed E-state index contributed by atoms with van der Waals surface area (Å²) < 4.78 is 0. The zero-order chi connectivity index (χ0) is 14.7. The molecule has 3 rings (SSSR count). The zero-order valence-corrected chi connectivity index (χ0v) is 13.3. The number of amides is 1. The van der Waals surface area contributed by atoms with E-state index < -0.39 is 0 Å². The van der Waals surface area contributed by atoms with Crippen molar-refractivity contribution in [1.29, 1.82) is 0 Å². The summed E-state index contributed by atoms with van der Waals surface area (Å²) >= 11 is 3.12. The Balaban J connectivity index is 1.56. The maximum Gasteiger partial charge on any atom is 0.270 e. The van der Waals surface area contributed by atoms with Crippen LogP contribution < -0.4 is 5.32 Å². The lowest BCUT2D eigenvalue weighted by atomic mass is 9.87. The lowest BCUT2D eigenvalue weighted by Gasteiger charge is -2.25. The first-order valence-corrected chi connectivity index (χ1v) is 8.94. The highest BCUT2D eigenvalue weighted by Crippen LogP contribution is 2.28. The van der Waals surface area contributed by atoms with Crippen molar-refractivity contribution in [2.45, 2.75) is 31.8 Å². The normalized spacial score (nSPS) is 22.1. The zero-order valence-electron chi connectivity index (χ0n) is 11.6. The van der Waals surface area contributed by atoms with Crippen molar-refractivity contribution in [2.24, 2.45) is 5.92 Å². The molecule has 0 spiro atoms. The lowest BCUT2D eigenvalue weighted by Crippen LogP contribution is -2.33. The molecule has 2 atom stereocenters. The molecule has 112 valence electrons. The molecule has 0 aliphatic heterocycles. The molecule has 2 aromatic rings. The average Bonchev–Trinajstić information content (AvgIpc) is 3.15. The Morgan fingerprint density at radius 1 is 1.43 bits per heavy atom. The summed E-state index contributed by atoms with van der Waals surface area (Å²) in [5.74, 6) is 0.266. The summed E-state index contributed by atoms with van der Waals surface area (Å²) in [5.41, 5.74) is 0.486. The topological polar surface area (TPSA) is 62.2 Å². The quantitative estimate of drug-likeness (QED) is 0.909.